The highest BCUT2D eigenvalue weighted by molar-refractivity contribution is 6.07. The average Bonchev–Trinajstić information content (AvgIpc) is 2.97. The molecule has 2 aromatic rings. The lowest BCUT2D eigenvalue weighted by Crippen LogP contribution is -2.30. The van der Waals surface area contributed by atoms with Gasteiger partial charge in [0.15, 0.2) is 5.78 Å². The smallest absolute Gasteiger partial charge is 0.254 e. The maximum Gasteiger partial charge on any atom is 0.254 e. The van der Waals surface area contributed by atoms with Crippen molar-refractivity contribution >= 4 is 17.5 Å². The van der Waals surface area contributed by atoms with E-state index in [1.54, 1.807) is 43.1 Å². The lowest BCUT2D eigenvalue weighted by molar-refractivity contribution is 0.0953. The Balaban J connectivity index is 1.85. The monoisotopic (exact) mass is 381 g/mol. The SMILES string of the molecule is CCOc1cc2c(cc1C(=O)NC)C(=N)N(CC(=O)c1ccc(O)c(C)c1)C2. The number of carbonyl (C=O) groups excluding carboxylic acids is 2. The van der Waals surface area contributed by atoms with E-state index in [4.69, 9.17) is 10.1 Å². The van der Waals surface area contributed by atoms with Crippen LogP contribution in [0.4, 0.5) is 0 Å². The first kappa shape index (κ1) is 19.4. The van der Waals surface area contributed by atoms with Gasteiger partial charge in [0.2, 0.25) is 0 Å². The number of nitrogens with zero attached hydrogens (tertiary/aromatic N) is 1. The number of carbonyl (C=O) groups is 2. The van der Waals surface area contributed by atoms with Crippen LogP contribution < -0.4 is 10.1 Å². The molecule has 146 valence electrons. The second kappa shape index (κ2) is 7.72. The molecule has 0 radical (unpaired) electrons. The standard InChI is InChI=1S/C21H23N3O4/c1-4-28-19-8-14-10-24(20(22)15(14)9-16(19)21(27)23-3)11-18(26)13-5-6-17(25)12(2)7-13/h5-9,22,25H,4,10-11H2,1-3H3,(H,23,27). The minimum atomic E-state index is -0.284. The Morgan fingerprint density at radius 1 is 1.29 bits per heavy atom. The molecular weight excluding hydrogens is 358 g/mol. The molecule has 3 N–H and O–H groups in total. The Labute approximate surface area is 163 Å². The summed E-state index contributed by atoms with van der Waals surface area (Å²) in [5.41, 5.74) is 2.95. The van der Waals surface area contributed by atoms with E-state index < -0.39 is 0 Å². The molecule has 1 aliphatic rings. The first-order chi connectivity index (χ1) is 13.3. The van der Waals surface area contributed by atoms with Gasteiger partial charge in [-0.2, -0.15) is 0 Å². The Morgan fingerprint density at radius 3 is 2.68 bits per heavy atom. The summed E-state index contributed by atoms with van der Waals surface area (Å²) in [6.45, 7) is 4.42. The van der Waals surface area contributed by atoms with Gasteiger partial charge in [-0.05, 0) is 55.3 Å². The zero-order valence-electron chi connectivity index (χ0n) is 16.1. The van der Waals surface area contributed by atoms with Crippen molar-refractivity contribution in [2.75, 3.05) is 20.2 Å². The van der Waals surface area contributed by atoms with Gasteiger partial charge in [0, 0.05) is 24.7 Å². The van der Waals surface area contributed by atoms with Gasteiger partial charge >= 0.3 is 0 Å². The van der Waals surface area contributed by atoms with Crippen molar-refractivity contribution in [1.29, 1.82) is 5.41 Å². The second-order valence-corrected chi connectivity index (χ2v) is 6.65. The van der Waals surface area contributed by atoms with E-state index in [9.17, 15) is 14.7 Å². The summed E-state index contributed by atoms with van der Waals surface area (Å²) in [5.74, 6) is 0.385. The fourth-order valence-corrected chi connectivity index (χ4v) is 3.24. The lowest BCUT2D eigenvalue weighted by atomic mass is 10.0. The summed E-state index contributed by atoms with van der Waals surface area (Å²) in [7, 11) is 1.54. The van der Waals surface area contributed by atoms with Crippen LogP contribution in [0.3, 0.4) is 0 Å². The van der Waals surface area contributed by atoms with E-state index in [0.717, 1.165) is 5.56 Å². The largest absolute Gasteiger partial charge is 0.508 e. The number of amidine groups is 1. The van der Waals surface area contributed by atoms with Crippen LogP contribution in [0.2, 0.25) is 0 Å². The molecule has 0 aliphatic carbocycles. The Morgan fingerprint density at radius 2 is 2.04 bits per heavy atom. The van der Waals surface area contributed by atoms with Gasteiger partial charge in [-0.15, -0.1) is 0 Å². The third-order valence-electron chi connectivity index (χ3n) is 4.76. The van der Waals surface area contributed by atoms with Gasteiger partial charge in [-0.3, -0.25) is 15.0 Å². The summed E-state index contributed by atoms with van der Waals surface area (Å²) < 4.78 is 5.59. The van der Waals surface area contributed by atoms with Crippen LogP contribution in [0.25, 0.3) is 0 Å². The van der Waals surface area contributed by atoms with E-state index in [1.807, 2.05) is 6.92 Å². The zero-order valence-corrected chi connectivity index (χ0v) is 16.1. The van der Waals surface area contributed by atoms with Crippen LogP contribution in [0.15, 0.2) is 30.3 Å². The highest BCUT2D eigenvalue weighted by Crippen LogP contribution is 2.31. The highest BCUT2D eigenvalue weighted by Gasteiger charge is 2.29. The lowest BCUT2D eigenvalue weighted by Gasteiger charge is -2.17. The quantitative estimate of drug-likeness (QED) is 0.667. The van der Waals surface area contributed by atoms with Crippen molar-refractivity contribution in [3.8, 4) is 11.5 Å². The number of amides is 1. The average molecular weight is 381 g/mol. The number of ether oxygens (including phenoxy) is 1. The van der Waals surface area contributed by atoms with Gasteiger partial charge in [0.25, 0.3) is 5.91 Å². The molecule has 0 atom stereocenters. The number of hydrogen-bond acceptors (Lipinski definition) is 5. The summed E-state index contributed by atoms with van der Waals surface area (Å²) in [4.78, 5) is 26.5. The summed E-state index contributed by atoms with van der Waals surface area (Å²) in [6.07, 6.45) is 0. The van der Waals surface area contributed by atoms with Gasteiger partial charge in [0.1, 0.15) is 17.3 Å². The maximum absolute atomic E-state index is 12.6. The molecule has 2 aromatic carbocycles. The number of Topliss-reactive ketones (excluding diaryl/α,β-unsaturated/α-hetero) is 1. The third-order valence-corrected chi connectivity index (χ3v) is 4.76. The first-order valence-electron chi connectivity index (χ1n) is 9.04. The number of rotatable bonds is 6. The van der Waals surface area contributed by atoms with E-state index in [1.165, 1.54) is 6.07 Å². The predicted octanol–water partition coefficient (Wildman–Crippen LogP) is 2.48. The number of aryl methyl sites for hydroxylation is 1. The molecule has 0 bridgehead atoms. The molecule has 0 unspecified atom stereocenters. The normalized spacial score (nSPS) is 12.7. The molecule has 0 aromatic heterocycles. The minimum absolute atomic E-state index is 0.0387. The molecule has 0 fully saturated rings. The number of hydrogen-bond donors (Lipinski definition) is 3. The van der Waals surface area contributed by atoms with Crippen LogP contribution >= 0.6 is 0 Å². The molecule has 0 spiro atoms. The zero-order chi connectivity index (χ0) is 20.4. The molecular formula is C21H23N3O4. The number of nitrogens with one attached hydrogen (secondary N) is 2. The molecule has 28 heavy (non-hydrogen) atoms. The van der Waals surface area contributed by atoms with Crippen molar-refractivity contribution in [1.82, 2.24) is 10.2 Å². The van der Waals surface area contributed by atoms with Gasteiger partial charge in [0.05, 0.1) is 18.7 Å². The maximum atomic E-state index is 12.6. The molecule has 0 saturated carbocycles. The molecule has 1 heterocycles. The number of phenols is 1. The second-order valence-electron chi connectivity index (χ2n) is 6.65. The molecule has 0 saturated heterocycles. The van der Waals surface area contributed by atoms with Gasteiger partial charge < -0.3 is 20.1 Å². The van der Waals surface area contributed by atoms with Gasteiger partial charge in [-0.1, -0.05) is 0 Å². The summed E-state index contributed by atoms with van der Waals surface area (Å²) in [6, 6.07) is 8.14. The summed E-state index contributed by atoms with van der Waals surface area (Å²) in [5, 5.41) is 20.7. The fourth-order valence-electron chi connectivity index (χ4n) is 3.24. The molecule has 1 aliphatic heterocycles. The van der Waals surface area contributed by atoms with Gasteiger partial charge in [-0.25, -0.2) is 0 Å². The number of benzene rings is 2. The van der Waals surface area contributed by atoms with Crippen LogP contribution in [-0.4, -0.2) is 47.7 Å². The molecule has 7 heteroatoms. The van der Waals surface area contributed by atoms with Crippen molar-refractivity contribution < 1.29 is 19.4 Å². The van der Waals surface area contributed by atoms with Crippen LogP contribution in [-0.2, 0) is 6.54 Å². The van der Waals surface area contributed by atoms with Crippen LogP contribution in [0.5, 0.6) is 11.5 Å². The first-order valence-corrected chi connectivity index (χ1v) is 9.04. The van der Waals surface area contributed by atoms with E-state index in [0.29, 0.717) is 41.2 Å². The van der Waals surface area contributed by atoms with Crippen molar-refractivity contribution in [3.63, 3.8) is 0 Å². The van der Waals surface area contributed by atoms with Crippen molar-refractivity contribution in [2.24, 2.45) is 0 Å². The number of aromatic hydroxyl groups is 1. The number of ketones is 1. The van der Waals surface area contributed by atoms with E-state index in [-0.39, 0.29) is 29.8 Å². The Hall–Kier alpha value is -3.35. The van der Waals surface area contributed by atoms with Crippen molar-refractivity contribution in [3.05, 3.63) is 58.1 Å². The number of fused-ring (bicyclic) bond motifs is 1. The van der Waals surface area contributed by atoms with E-state index >= 15 is 0 Å². The van der Waals surface area contributed by atoms with Crippen LogP contribution in [0, 0.1) is 12.3 Å². The third kappa shape index (κ3) is 3.55. The number of phenolic OH excluding ortho intramolecular Hbond substituents is 1. The highest BCUT2D eigenvalue weighted by atomic mass is 16.5. The van der Waals surface area contributed by atoms with Crippen LogP contribution in [0.1, 0.15) is 44.3 Å². The molecule has 3 rings (SSSR count). The van der Waals surface area contributed by atoms with E-state index in [2.05, 4.69) is 5.32 Å². The van der Waals surface area contributed by atoms with Crippen molar-refractivity contribution in [2.45, 2.75) is 20.4 Å². The topological polar surface area (TPSA) is 103 Å². The minimum Gasteiger partial charge on any atom is -0.508 e. The fraction of sp³-hybridized carbons (Fsp3) is 0.286. The Kier molecular flexibility index (Phi) is 5.35. The summed E-state index contributed by atoms with van der Waals surface area (Å²) >= 11 is 0. The Bertz CT molecular complexity index is 968. The predicted molar refractivity (Wildman–Crippen MR) is 105 cm³/mol. The molecule has 7 nitrogen and oxygen atoms in total. The molecule has 1 amide bonds.